The number of hydrogen-bond acceptors (Lipinski definition) is 4. The van der Waals surface area contributed by atoms with E-state index in [1.807, 2.05) is 89.8 Å². The number of carbonyl (C=O) groups is 3. The van der Waals surface area contributed by atoms with Gasteiger partial charge in [-0.1, -0.05) is 66.7 Å². The fourth-order valence-electron chi connectivity index (χ4n) is 5.50. The lowest BCUT2D eigenvalue weighted by Gasteiger charge is -2.23. The molecule has 2 N–H and O–H groups in total. The number of anilines is 2. The second-order valence-electron chi connectivity index (χ2n) is 10.9. The van der Waals surface area contributed by atoms with Gasteiger partial charge in [-0.2, -0.15) is 0 Å². The standard InChI is InChI=1S/C36H29N3O3S/c40-34(29-11-5-4-10-28(29)23-8-2-1-3-9-23)37-26-16-14-24(15-17-26)36(42)39-21-20-25-22-32(35(41)38-27-18-19-27)43-33(25)30-12-6-7-13-31(30)39/h1-17,22,27H,18-21H2,(H,37,40)(H,38,41). The molecule has 0 bridgehead atoms. The minimum atomic E-state index is -0.212. The van der Waals surface area contributed by atoms with Gasteiger partial charge >= 0.3 is 0 Å². The molecule has 1 aliphatic heterocycles. The molecule has 5 aromatic rings. The number of hydrogen-bond donors (Lipinski definition) is 2. The van der Waals surface area contributed by atoms with Crippen molar-refractivity contribution in [3.8, 4) is 21.6 Å². The molecule has 6 nitrogen and oxygen atoms in total. The zero-order valence-corrected chi connectivity index (χ0v) is 24.2. The first kappa shape index (κ1) is 26.9. The third kappa shape index (κ3) is 5.47. The summed E-state index contributed by atoms with van der Waals surface area (Å²) in [6.45, 7) is 0.498. The summed E-state index contributed by atoms with van der Waals surface area (Å²) in [7, 11) is 0. The Labute approximate surface area is 254 Å². The average Bonchev–Trinajstić information content (AvgIpc) is 3.79. The Morgan fingerprint density at radius 3 is 2.21 bits per heavy atom. The largest absolute Gasteiger partial charge is 0.349 e. The predicted octanol–water partition coefficient (Wildman–Crippen LogP) is 7.43. The molecule has 0 spiro atoms. The molecule has 1 aromatic heterocycles. The molecule has 1 saturated carbocycles. The third-order valence-electron chi connectivity index (χ3n) is 7.88. The highest BCUT2D eigenvalue weighted by molar-refractivity contribution is 7.17. The number of nitrogens with zero attached hydrogens (tertiary/aromatic N) is 1. The van der Waals surface area contributed by atoms with Crippen LogP contribution in [0.1, 0.15) is 48.8 Å². The Bertz CT molecular complexity index is 1840. The fraction of sp³-hybridized carbons (Fsp3) is 0.139. The van der Waals surface area contributed by atoms with E-state index in [-0.39, 0.29) is 17.7 Å². The van der Waals surface area contributed by atoms with Gasteiger partial charge in [-0.15, -0.1) is 11.3 Å². The van der Waals surface area contributed by atoms with Crippen molar-refractivity contribution in [1.82, 2.24) is 5.32 Å². The number of benzene rings is 4. The van der Waals surface area contributed by atoms with Crippen LogP contribution in [0.3, 0.4) is 0 Å². The first-order valence-electron chi connectivity index (χ1n) is 14.5. The van der Waals surface area contributed by atoms with Gasteiger partial charge in [-0.05, 0) is 78.4 Å². The van der Waals surface area contributed by atoms with E-state index in [1.165, 1.54) is 11.3 Å². The molecule has 0 atom stereocenters. The van der Waals surface area contributed by atoms with Crippen molar-refractivity contribution in [2.24, 2.45) is 0 Å². The maximum atomic E-state index is 13.8. The Balaban J connectivity index is 1.10. The van der Waals surface area contributed by atoms with Crippen LogP contribution in [0.15, 0.2) is 109 Å². The second kappa shape index (κ2) is 11.3. The number of carbonyl (C=O) groups excluding carboxylic acids is 3. The van der Waals surface area contributed by atoms with Crippen LogP contribution in [-0.2, 0) is 6.42 Å². The summed E-state index contributed by atoms with van der Waals surface area (Å²) in [4.78, 5) is 43.4. The van der Waals surface area contributed by atoms with Crippen LogP contribution < -0.4 is 15.5 Å². The molecule has 1 aliphatic carbocycles. The fourth-order valence-corrected chi connectivity index (χ4v) is 6.65. The first-order valence-corrected chi connectivity index (χ1v) is 15.3. The van der Waals surface area contributed by atoms with E-state index in [2.05, 4.69) is 10.6 Å². The Morgan fingerprint density at radius 2 is 1.44 bits per heavy atom. The van der Waals surface area contributed by atoms with E-state index in [0.29, 0.717) is 35.8 Å². The van der Waals surface area contributed by atoms with Crippen molar-refractivity contribution < 1.29 is 14.4 Å². The molecule has 3 amide bonds. The van der Waals surface area contributed by atoms with Gasteiger partial charge in [-0.3, -0.25) is 14.4 Å². The molecule has 212 valence electrons. The van der Waals surface area contributed by atoms with E-state index < -0.39 is 0 Å². The molecule has 4 aromatic carbocycles. The maximum Gasteiger partial charge on any atom is 0.261 e. The van der Waals surface area contributed by atoms with E-state index in [4.69, 9.17) is 0 Å². The summed E-state index contributed by atoms with van der Waals surface area (Å²) >= 11 is 1.49. The lowest BCUT2D eigenvalue weighted by molar-refractivity contribution is 0.0952. The summed E-state index contributed by atoms with van der Waals surface area (Å²) in [5.74, 6) is -0.334. The van der Waals surface area contributed by atoms with E-state index >= 15 is 0 Å². The number of fused-ring (bicyclic) bond motifs is 3. The van der Waals surface area contributed by atoms with Crippen LogP contribution in [0, 0.1) is 0 Å². The summed E-state index contributed by atoms with van der Waals surface area (Å²) in [5.41, 5.74) is 6.43. The Hall–Kier alpha value is -5.01. The van der Waals surface area contributed by atoms with Crippen molar-refractivity contribution in [2.45, 2.75) is 25.3 Å². The smallest absolute Gasteiger partial charge is 0.261 e. The van der Waals surface area contributed by atoms with Crippen LogP contribution in [0.2, 0.25) is 0 Å². The molecule has 2 aliphatic rings. The number of para-hydroxylation sites is 1. The zero-order valence-electron chi connectivity index (χ0n) is 23.4. The molecule has 2 heterocycles. The van der Waals surface area contributed by atoms with Gasteiger partial charge < -0.3 is 15.5 Å². The van der Waals surface area contributed by atoms with Gasteiger partial charge in [0.25, 0.3) is 17.7 Å². The monoisotopic (exact) mass is 583 g/mol. The van der Waals surface area contributed by atoms with Crippen molar-refractivity contribution in [2.75, 3.05) is 16.8 Å². The molecule has 0 saturated heterocycles. The number of amides is 3. The summed E-state index contributed by atoms with van der Waals surface area (Å²) < 4.78 is 0. The minimum Gasteiger partial charge on any atom is -0.349 e. The minimum absolute atomic E-state index is 0.0123. The van der Waals surface area contributed by atoms with Crippen LogP contribution >= 0.6 is 11.3 Å². The van der Waals surface area contributed by atoms with Gasteiger partial charge in [-0.25, -0.2) is 0 Å². The van der Waals surface area contributed by atoms with Gasteiger partial charge in [0.05, 0.1) is 10.6 Å². The van der Waals surface area contributed by atoms with Crippen molar-refractivity contribution in [1.29, 1.82) is 0 Å². The SMILES string of the molecule is O=C(NC1CC1)c1cc2c(s1)-c1ccccc1N(C(=O)c1ccc(NC(=O)c3ccccc3-c3ccccc3)cc1)CC2. The van der Waals surface area contributed by atoms with Crippen LogP contribution in [0.5, 0.6) is 0 Å². The van der Waals surface area contributed by atoms with E-state index in [1.54, 1.807) is 24.3 Å². The summed E-state index contributed by atoms with van der Waals surface area (Å²) in [6.07, 6.45) is 2.75. The maximum absolute atomic E-state index is 13.8. The Morgan fingerprint density at radius 1 is 0.744 bits per heavy atom. The number of nitrogens with one attached hydrogen (secondary N) is 2. The number of rotatable bonds is 6. The average molecular weight is 584 g/mol. The molecule has 43 heavy (non-hydrogen) atoms. The van der Waals surface area contributed by atoms with Gasteiger partial charge in [0.2, 0.25) is 0 Å². The van der Waals surface area contributed by atoms with Gasteiger partial charge in [0.15, 0.2) is 0 Å². The normalized spacial score (nSPS) is 13.8. The summed E-state index contributed by atoms with van der Waals surface area (Å²) in [5, 5.41) is 6.07. The predicted molar refractivity (Wildman–Crippen MR) is 172 cm³/mol. The highest BCUT2D eigenvalue weighted by atomic mass is 32.1. The first-order chi connectivity index (χ1) is 21.0. The lowest BCUT2D eigenvalue weighted by atomic mass is 9.99. The summed E-state index contributed by atoms with van der Waals surface area (Å²) in [6, 6.07) is 34.6. The van der Waals surface area contributed by atoms with Crippen molar-refractivity contribution in [3.05, 3.63) is 131 Å². The molecule has 7 heteroatoms. The van der Waals surface area contributed by atoms with E-state index in [9.17, 15) is 14.4 Å². The highest BCUT2D eigenvalue weighted by Gasteiger charge is 2.29. The van der Waals surface area contributed by atoms with Crippen LogP contribution in [0.4, 0.5) is 11.4 Å². The molecular formula is C36H29N3O3S. The molecule has 0 radical (unpaired) electrons. The van der Waals surface area contributed by atoms with E-state index in [0.717, 1.165) is 50.5 Å². The molecule has 7 rings (SSSR count). The highest BCUT2D eigenvalue weighted by Crippen LogP contribution is 2.42. The number of thiophene rings is 1. The molecule has 1 fully saturated rings. The van der Waals surface area contributed by atoms with Crippen LogP contribution in [-0.4, -0.2) is 30.3 Å². The van der Waals surface area contributed by atoms with Crippen molar-refractivity contribution >= 4 is 40.4 Å². The molecular weight excluding hydrogens is 554 g/mol. The quantitative estimate of drug-likeness (QED) is 0.218. The Kier molecular flexibility index (Phi) is 7.09. The second-order valence-corrected chi connectivity index (χ2v) is 11.9. The topological polar surface area (TPSA) is 78.5 Å². The van der Waals surface area contributed by atoms with Gasteiger partial charge in [0, 0.05) is 39.8 Å². The van der Waals surface area contributed by atoms with Gasteiger partial charge in [0.1, 0.15) is 0 Å². The zero-order chi connectivity index (χ0) is 29.3. The molecule has 0 unspecified atom stereocenters. The van der Waals surface area contributed by atoms with Crippen molar-refractivity contribution in [3.63, 3.8) is 0 Å². The lowest BCUT2D eigenvalue weighted by Crippen LogP contribution is -2.32. The third-order valence-corrected chi connectivity index (χ3v) is 9.09. The van der Waals surface area contributed by atoms with Crippen LogP contribution in [0.25, 0.3) is 21.6 Å².